The summed E-state index contributed by atoms with van der Waals surface area (Å²) < 4.78 is 0. The van der Waals surface area contributed by atoms with Crippen LogP contribution in [0.4, 0.5) is 0 Å². The SMILES string of the molecule is c1ccc2c(c1)-c1ccc(-c3ccc4c(c3)-c3c(ccc5ccccc35)C4)cc1C21C2CC3CC(C2)CC1C3. The Morgan fingerprint density at radius 3 is 2.08 bits per heavy atom. The van der Waals surface area contributed by atoms with E-state index in [-0.39, 0.29) is 5.41 Å². The summed E-state index contributed by atoms with van der Waals surface area (Å²) in [6, 6.07) is 37.8. The van der Waals surface area contributed by atoms with Gasteiger partial charge in [-0.1, -0.05) is 84.9 Å². The summed E-state index contributed by atoms with van der Waals surface area (Å²) in [5, 5.41) is 2.73. The van der Waals surface area contributed by atoms with Gasteiger partial charge in [-0.05, 0) is 141 Å². The van der Waals surface area contributed by atoms with Crippen molar-refractivity contribution in [1.82, 2.24) is 0 Å². The molecule has 5 aromatic carbocycles. The molecule has 0 atom stereocenters. The van der Waals surface area contributed by atoms with E-state index < -0.39 is 0 Å². The Bertz CT molecular complexity index is 1820. The van der Waals surface area contributed by atoms with Crippen molar-refractivity contribution in [2.75, 3.05) is 0 Å². The molecule has 4 saturated carbocycles. The first-order chi connectivity index (χ1) is 19.3. The maximum atomic E-state index is 2.64. The molecule has 0 aromatic heterocycles. The number of fused-ring (bicyclic) bond motifs is 8. The highest BCUT2D eigenvalue weighted by atomic mass is 14.6. The second-order valence-electron chi connectivity index (χ2n) is 13.3. The van der Waals surface area contributed by atoms with Gasteiger partial charge >= 0.3 is 0 Å². The minimum atomic E-state index is 0.231. The molecule has 6 aliphatic carbocycles. The minimum Gasteiger partial charge on any atom is -0.0619 e. The Labute approximate surface area is 230 Å². The van der Waals surface area contributed by atoms with E-state index in [4.69, 9.17) is 0 Å². The van der Waals surface area contributed by atoms with Crippen molar-refractivity contribution in [3.8, 4) is 33.4 Å². The lowest BCUT2D eigenvalue weighted by atomic mass is 9.43. The molecule has 4 bridgehead atoms. The zero-order chi connectivity index (χ0) is 25.3. The van der Waals surface area contributed by atoms with E-state index in [9.17, 15) is 0 Å². The first-order valence-corrected chi connectivity index (χ1v) is 15.2. The van der Waals surface area contributed by atoms with Crippen LogP contribution in [0.2, 0.25) is 0 Å². The summed E-state index contributed by atoms with van der Waals surface area (Å²) in [6.07, 6.45) is 8.30. The van der Waals surface area contributed by atoms with Gasteiger partial charge in [-0.25, -0.2) is 0 Å². The van der Waals surface area contributed by atoms with Crippen LogP contribution in [0.15, 0.2) is 97.1 Å². The molecule has 188 valence electrons. The quantitative estimate of drug-likeness (QED) is 0.211. The molecule has 0 unspecified atom stereocenters. The molecular formula is C39H32. The molecular weight excluding hydrogens is 468 g/mol. The van der Waals surface area contributed by atoms with Crippen LogP contribution >= 0.6 is 0 Å². The van der Waals surface area contributed by atoms with Crippen LogP contribution in [0.3, 0.4) is 0 Å². The van der Waals surface area contributed by atoms with Gasteiger partial charge in [0.25, 0.3) is 0 Å². The molecule has 6 aliphatic rings. The Kier molecular flexibility index (Phi) is 3.97. The van der Waals surface area contributed by atoms with Gasteiger partial charge in [0.1, 0.15) is 0 Å². The van der Waals surface area contributed by atoms with Gasteiger partial charge in [0.2, 0.25) is 0 Å². The Balaban J connectivity index is 1.17. The zero-order valence-corrected chi connectivity index (χ0v) is 22.3. The Morgan fingerprint density at radius 1 is 0.513 bits per heavy atom. The molecule has 0 radical (unpaired) electrons. The molecule has 0 aliphatic heterocycles. The van der Waals surface area contributed by atoms with Crippen molar-refractivity contribution < 1.29 is 0 Å². The van der Waals surface area contributed by atoms with Gasteiger partial charge < -0.3 is 0 Å². The van der Waals surface area contributed by atoms with E-state index in [1.807, 2.05) is 0 Å². The van der Waals surface area contributed by atoms with E-state index in [0.717, 1.165) is 30.1 Å². The summed E-state index contributed by atoms with van der Waals surface area (Å²) in [4.78, 5) is 0. The van der Waals surface area contributed by atoms with Crippen LogP contribution in [0.1, 0.15) is 54.4 Å². The highest BCUT2D eigenvalue weighted by molar-refractivity contribution is 6.01. The van der Waals surface area contributed by atoms with Crippen LogP contribution in [-0.2, 0) is 11.8 Å². The number of rotatable bonds is 1. The van der Waals surface area contributed by atoms with Crippen molar-refractivity contribution in [3.63, 3.8) is 0 Å². The van der Waals surface area contributed by atoms with Crippen LogP contribution in [0, 0.1) is 23.7 Å². The molecule has 5 aromatic rings. The predicted octanol–water partition coefficient (Wildman–Crippen LogP) is 9.80. The molecule has 1 spiro atoms. The van der Waals surface area contributed by atoms with Crippen LogP contribution < -0.4 is 0 Å². The number of hydrogen-bond acceptors (Lipinski definition) is 0. The first-order valence-electron chi connectivity index (χ1n) is 15.2. The second-order valence-corrected chi connectivity index (χ2v) is 13.3. The second kappa shape index (κ2) is 7.30. The normalized spacial score (nSPS) is 28.5. The molecule has 0 saturated heterocycles. The molecule has 11 rings (SSSR count). The zero-order valence-electron chi connectivity index (χ0n) is 22.3. The Hall–Kier alpha value is -3.64. The fourth-order valence-corrected chi connectivity index (χ4v) is 10.5. The standard InChI is InChI=1S/C39H32/c1-2-6-32-25(5-1)9-12-29-20-28-11-10-26(21-35(28)38(29)32)27-13-14-34-33-7-3-4-8-36(33)39(37(34)22-27)30-16-23-15-24(18-30)19-31(39)17-23/h1-14,21-24,30-31H,15-20H2. The smallest absolute Gasteiger partial charge is 0.0272 e. The molecule has 0 N–H and O–H groups in total. The van der Waals surface area contributed by atoms with Gasteiger partial charge in [0, 0.05) is 5.41 Å². The van der Waals surface area contributed by atoms with E-state index in [2.05, 4.69) is 97.1 Å². The van der Waals surface area contributed by atoms with Gasteiger partial charge in [-0.2, -0.15) is 0 Å². The van der Waals surface area contributed by atoms with E-state index >= 15 is 0 Å². The summed E-state index contributed by atoms with van der Waals surface area (Å²) in [5.74, 6) is 3.57. The predicted molar refractivity (Wildman–Crippen MR) is 161 cm³/mol. The van der Waals surface area contributed by atoms with Gasteiger partial charge in [0.15, 0.2) is 0 Å². The summed E-state index contributed by atoms with van der Waals surface area (Å²) in [6.45, 7) is 0. The maximum Gasteiger partial charge on any atom is 0.0272 e. The minimum absolute atomic E-state index is 0.231. The van der Waals surface area contributed by atoms with E-state index in [1.54, 1.807) is 11.1 Å². The molecule has 0 heterocycles. The lowest BCUT2D eigenvalue weighted by Gasteiger charge is -2.61. The van der Waals surface area contributed by atoms with Crippen molar-refractivity contribution >= 4 is 10.8 Å². The number of benzene rings is 5. The topological polar surface area (TPSA) is 0 Å². The van der Waals surface area contributed by atoms with Gasteiger partial charge in [-0.3, -0.25) is 0 Å². The third kappa shape index (κ3) is 2.61. The van der Waals surface area contributed by atoms with E-state index in [1.165, 1.54) is 87.4 Å². The third-order valence-corrected chi connectivity index (χ3v) is 11.7. The van der Waals surface area contributed by atoms with Crippen LogP contribution in [0.5, 0.6) is 0 Å². The van der Waals surface area contributed by atoms with Crippen molar-refractivity contribution in [2.45, 2.75) is 43.9 Å². The number of hydrogen-bond donors (Lipinski definition) is 0. The Morgan fingerprint density at radius 2 is 1.21 bits per heavy atom. The third-order valence-electron chi connectivity index (χ3n) is 11.7. The highest BCUT2D eigenvalue weighted by Gasteiger charge is 2.61. The fourth-order valence-electron chi connectivity index (χ4n) is 10.5. The average Bonchev–Trinajstić information content (AvgIpc) is 3.49. The molecule has 4 fully saturated rings. The van der Waals surface area contributed by atoms with Crippen molar-refractivity contribution in [1.29, 1.82) is 0 Å². The molecule has 0 amide bonds. The summed E-state index contributed by atoms with van der Waals surface area (Å²) >= 11 is 0. The van der Waals surface area contributed by atoms with Crippen LogP contribution in [-0.4, -0.2) is 0 Å². The first kappa shape index (κ1) is 21.2. The summed E-state index contributed by atoms with van der Waals surface area (Å²) in [7, 11) is 0. The fraction of sp³-hybridized carbons (Fsp3) is 0.282. The van der Waals surface area contributed by atoms with E-state index in [0.29, 0.717) is 0 Å². The monoisotopic (exact) mass is 500 g/mol. The molecule has 39 heavy (non-hydrogen) atoms. The largest absolute Gasteiger partial charge is 0.0619 e. The van der Waals surface area contributed by atoms with Gasteiger partial charge in [0.05, 0.1) is 0 Å². The lowest BCUT2D eigenvalue weighted by molar-refractivity contribution is -0.0399. The molecule has 0 heteroatoms. The van der Waals surface area contributed by atoms with Crippen molar-refractivity contribution in [3.05, 3.63) is 119 Å². The lowest BCUT2D eigenvalue weighted by Crippen LogP contribution is -2.55. The van der Waals surface area contributed by atoms with Crippen molar-refractivity contribution in [2.24, 2.45) is 23.7 Å². The summed E-state index contributed by atoms with van der Waals surface area (Å²) in [5.41, 5.74) is 15.2. The van der Waals surface area contributed by atoms with Gasteiger partial charge in [-0.15, -0.1) is 0 Å². The maximum absolute atomic E-state index is 2.64. The highest BCUT2D eigenvalue weighted by Crippen LogP contribution is 2.69. The van der Waals surface area contributed by atoms with Crippen LogP contribution in [0.25, 0.3) is 44.2 Å². The average molecular weight is 501 g/mol. The molecule has 0 nitrogen and oxygen atoms in total.